The van der Waals surface area contributed by atoms with Crippen molar-refractivity contribution in [3.8, 4) is 5.75 Å². The van der Waals surface area contributed by atoms with E-state index in [1.54, 1.807) is 6.07 Å². The van der Waals surface area contributed by atoms with Crippen molar-refractivity contribution in [3.05, 3.63) is 53.1 Å². The molecule has 0 aromatic heterocycles. The molecule has 0 atom stereocenters. The van der Waals surface area contributed by atoms with Crippen LogP contribution in [-0.2, 0) is 9.53 Å². The second kappa shape index (κ2) is 9.91. The van der Waals surface area contributed by atoms with E-state index in [0.717, 1.165) is 11.3 Å². The number of amides is 1. The molecule has 6 heteroatoms. The highest BCUT2D eigenvalue weighted by Gasteiger charge is 2.07. The second-order valence-electron chi connectivity index (χ2n) is 5.41. The lowest BCUT2D eigenvalue weighted by molar-refractivity contribution is -0.114. The Bertz CT molecular complexity index is 707. The molecule has 134 valence electrons. The number of ether oxygens (including phenoxy) is 2. The number of nitrogens with one attached hydrogen (secondary N) is 2. The summed E-state index contributed by atoms with van der Waals surface area (Å²) in [6.45, 7) is 5.62. The molecule has 0 fully saturated rings. The molecule has 0 spiro atoms. The van der Waals surface area contributed by atoms with Crippen LogP contribution in [0.2, 0.25) is 5.02 Å². The zero-order valence-corrected chi connectivity index (χ0v) is 15.2. The average Bonchev–Trinajstić information content (AvgIpc) is 2.61. The Morgan fingerprint density at radius 3 is 2.72 bits per heavy atom. The predicted octanol–water partition coefficient (Wildman–Crippen LogP) is 4.11. The van der Waals surface area contributed by atoms with Crippen LogP contribution >= 0.6 is 11.6 Å². The van der Waals surface area contributed by atoms with Crippen LogP contribution < -0.4 is 15.4 Å². The van der Waals surface area contributed by atoms with Gasteiger partial charge >= 0.3 is 0 Å². The molecule has 0 saturated heterocycles. The van der Waals surface area contributed by atoms with Gasteiger partial charge in [-0.25, -0.2) is 0 Å². The Balaban J connectivity index is 1.87. The number of halogens is 1. The average molecular weight is 363 g/mol. The largest absolute Gasteiger partial charge is 0.489 e. The Morgan fingerprint density at radius 2 is 1.96 bits per heavy atom. The van der Waals surface area contributed by atoms with Crippen LogP contribution in [-0.4, -0.2) is 32.3 Å². The smallest absolute Gasteiger partial charge is 0.243 e. The molecule has 2 rings (SSSR count). The van der Waals surface area contributed by atoms with Gasteiger partial charge in [-0.3, -0.25) is 4.79 Å². The van der Waals surface area contributed by atoms with E-state index in [4.69, 9.17) is 21.1 Å². The molecular weight excluding hydrogens is 340 g/mol. The number of hydrogen-bond acceptors (Lipinski definition) is 4. The number of benzene rings is 2. The van der Waals surface area contributed by atoms with E-state index >= 15 is 0 Å². The maximum Gasteiger partial charge on any atom is 0.243 e. The first-order valence-electron chi connectivity index (χ1n) is 8.19. The number of rotatable bonds is 9. The summed E-state index contributed by atoms with van der Waals surface area (Å²) in [5.41, 5.74) is 2.40. The Kier molecular flexibility index (Phi) is 7.57. The van der Waals surface area contributed by atoms with Gasteiger partial charge in [0.2, 0.25) is 5.91 Å². The van der Waals surface area contributed by atoms with Gasteiger partial charge in [0.15, 0.2) is 0 Å². The van der Waals surface area contributed by atoms with Gasteiger partial charge in [0, 0.05) is 17.3 Å². The molecule has 2 N–H and O–H groups in total. The van der Waals surface area contributed by atoms with E-state index in [1.807, 2.05) is 50.2 Å². The zero-order chi connectivity index (χ0) is 18.1. The molecule has 0 aliphatic heterocycles. The third kappa shape index (κ3) is 6.29. The van der Waals surface area contributed by atoms with Crippen molar-refractivity contribution in [3.63, 3.8) is 0 Å². The van der Waals surface area contributed by atoms with Crippen molar-refractivity contribution in [1.82, 2.24) is 0 Å². The zero-order valence-electron chi connectivity index (χ0n) is 14.5. The molecule has 0 aliphatic carbocycles. The molecular formula is C19H23ClN2O3. The summed E-state index contributed by atoms with van der Waals surface area (Å²) in [7, 11) is 0. The molecule has 2 aromatic rings. The molecule has 0 saturated carbocycles. The molecule has 25 heavy (non-hydrogen) atoms. The Labute approximate surface area is 153 Å². The van der Waals surface area contributed by atoms with E-state index < -0.39 is 0 Å². The fourth-order valence-electron chi connectivity index (χ4n) is 2.14. The molecule has 1 amide bonds. The lowest BCUT2D eigenvalue weighted by Crippen LogP contribution is -2.22. The van der Waals surface area contributed by atoms with Crippen molar-refractivity contribution in [1.29, 1.82) is 0 Å². The minimum Gasteiger partial charge on any atom is -0.489 e. The van der Waals surface area contributed by atoms with Crippen LogP contribution in [0.4, 0.5) is 11.4 Å². The topological polar surface area (TPSA) is 59.6 Å². The molecule has 0 radical (unpaired) electrons. The number of anilines is 2. The van der Waals surface area contributed by atoms with Crippen LogP contribution in [0.5, 0.6) is 5.75 Å². The molecule has 5 nitrogen and oxygen atoms in total. The fourth-order valence-corrected chi connectivity index (χ4v) is 2.33. The van der Waals surface area contributed by atoms with E-state index in [-0.39, 0.29) is 12.5 Å². The van der Waals surface area contributed by atoms with E-state index in [0.29, 0.717) is 36.3 Å². The number of carbonyl (C=O) groups is 1. The molecule has 0 unspecified atom stereocenters. The van der Waals surface area contributed by atoms with Crippen molar-refractivity contribution in [2.24, 2.45) is 0 Å². The number of aryl methyl sites for hydroxylation is 1. The lowest BCUT2D eigenvalue weighted by Gasteiger charge is -2.13. The summed E-state index contributed by atoms with van der Waals surface area (Å²) in [6.07, 6.45) is 0. The van der Waals surface area contributed by atoms with Crippen molar-refractivity contribution >= 4 is 28.9 Å². The summed E-state index contributed by atoms with van der Waals surface area (Å²) in [5, 5.41) is 6.53. The maximum atomic E-state index is 12.1. The quantitative estimate of drug-likeness (QED) is 0.659. The van der Waals surface area contributed by atoms with Crippen molar-refractivity contribution in [2.45, 2.75) is 13.8 Å². The Morgan fingerprint density at radius 1 is 1.16 bits per heavy atom. The Hall–Kier alpha value is -2.24. The first kappa shape index (κ1) is 19.1. The van der Waals surface area contributed by atoms with Crippen LogP contribution in [0.15, 0.2) is 42.5 Å². The number of para-hydroxylation sites is 2. The van der Waals surface area contributed by atoms with Crippen molar-refractivity contribution < 1.29 is 14.3 Å². The highest BCUT2D eigenvalue weighted by molar-refractivity contribution is 6.31. The number of hydrogen-bond donors (Lipinski definition) is 2. The lowest BCUT2D eigenvalue weighted by atomic mass is 10.2. The van der Waals surface area contributed by atoms with Crippen LogP contribution in [0, 0.1) is 6.92 Å². The second-order valence-corrected chi connectivity index (χ2v) is 5.81. The summed E-state index contributed by atoms with van der Waals surface area (Å²) < 4.78 is 10.9. The third-order valence-corrected chi connectivity index (χ3v) is 3.88. The summed E-state index contributed by atoms with van der Waals surface area (Å²) in [4.78, 5) is 12.1. The van der Waals surface area contributed by atoms with Gasteiger partial charge in [-0.1, -0.05) is 29.8 Å². The van der Waals surface area contributed by atoms with Gasteiger partial charge in [0.05, 0.1) is 18.8 Å². The van der Waals surface area contributed by atoms with Gasteiger partial charge in [-0.2, -0.15) is 0 Å². The van der Waals surface area contributed by atoms with Crippen LogP contribution in [0.25, 0.3) is 0 Å². The summed E-state index contributed by atoms with van der Waals surface area (Å²) in [5.74, 6) is 0.525. The first-order chi connectivity index (χ1) is 12.1. The number of carbonyl (C=O) groups excluding carboxylic acids is 1. The van der Waals surface area contributed by atoms with Gasteiger partial charge in [-0.05, 0) is 43.7 Å². The van der Waals surface area contributed by atoms with E-state index in [9.17, 15) is 4.79 Å². The highest BCUT2D eigenvalue weighted by atomic mass is 35.5. The van der Waals surface area contributed by atoms with Gasteiger partial charge in [0.25, 0.3) is 0 Å². The standard InChI is InChI=1S/C19H23ClN2O3/c1-3-24-10-11-25-18-7-5-4-6-17(18)21-13-19(23)22-15-9-8-14(2)16(20)12-15/h4-9,12,21H,3,10-11,13H2,1-2H3,(H,22,23). The maximum absolute atomic E-state index is 12.1. The minimum absolute atomic E-state index is 0.122. The van der Waals surface area contributed by atoms with Gasteiger partial charge in [-0.15, -0.1) is 0 Å². The van der Waals surface area contributed by atoms with E-state index in [1.165, 1.54) is 0 Å². The normalized spacial score (nSPS) is 10.4. The van der Waals surface area contributed by atoms with Crippen molar-refractivity contribution in [2.75, 3.05) is 37.0 Å². The highest BCUT2D eigenvalue weighted by Crippen LogP contribution is 2.23. The molecule has 0 aliphatic rings. The van der Waals surface area contributed by atoms with Gasteiger partial charge < -0.3 is 20.1 Å². The SMILES string of the molecule is CCOCCOc1ccccc1NCC(=O)Nc1ccc(C)c(Cl)c1. The first-order valence-corrected chi connectivity index (χ1v) is 8.57. The van der Waals surface area contributed by atoms with E-state index in [2.05, 4.69) is 10.6 Å². The molecule has 0 heterocycles. The predicted molar refractivity (Wildman–Crippen MR) is 102 cm³/mol. The minimum atomic E-state index is -0.163. The van der Waals surface area contributed by atoms with Crippen LogP contribution in [0.1, 0.15) is 12.5 Å². The monoisotopic (exact) mass is 362 g/mol. The summed E-state index contributed by atoms with van der Waals surface area (Å²) in [6, 6.07) is 12.9. The summed E-state index contributed by atoms with van der Waals surface area (Å²) >= 11 is 6.07. The fraction of sp³-hybridized carbons (Fsp3) is 0.316. The van der Waals surface area contributed by atoms with Crippen LogP contribution in [0.3, 0.4) is 0 Å². The third-order valence-electron chi connectivity index (χ3n) is 3.47. The molecule has 2 aromatic carbocycles. The van der Waals surface area contributed by atoms with Gasteiger partial charge in [0.1, 0.15) is 12.4 Å². The molecule has 0 bridgehead atoms.